The van der Waals surface area contributed by atoms with Crippen LogP contribution in [0.5, 0.6) is 5.75 Å². The average Bonchev–Trinajstić information content (AvgIpc) is 2.61. The molecule has 0 atom stereocenters. The molecule has 2 aromatic carbocycles. The van der Waals surface area contributed by atoms with E-state index in [-0.39, 0.29) is 0 Å². The molecule has 0 fully saturated rings. The number of rotatable bonds is 5. The van der Waals surface area contributed by atoms with Gasteiger partial charge in [0.2, 0.25) is 5.95 Å². The standard InChI is InChI=1S/C19H17N5O/c1-13-9-18(22-15-6-3-5-14(10-15)12-20)24-19(21-13)23-16-7-4-8-17(11-16)25-2/h3-11H,1-2H3,(H2,21,22,23,24). The van der Waals surface area contributed by atoms with Crippen LogP contribution >= 0.6 is 0 Å². The van der Waals surface area contributed by atoms with Crippen LogP contribution in [-0.4, -0.2) is 17.1 Å². The van der Waals surface area contributed by atoms with Gasteiger partial charge in [0.1, 0.15) is 11.6 Å². The second-order valence-electron chi connectivity index (χ2n) is 5.39. The predicted octanol–water partition coefficient (Wildman–Crippen LogP) is 4.15. The van der Waals surface area contributed by atoms with E-state index in [1.165, 1.54) is 0 Å². The number of aromatic nitrogens is 2. The summed E-state index contributed by atoms with van der Waals surface area (Å²) in [5.74, 6) is 1.88. The molecule has 0 saturated heterocycles. The van der Waals surface area contributed by atoms with Gasteiger partial charge >= 0.3 is 0 Å². The molecule has 0 amide bonds. The van der Waals surface area contributed by atoms with Gasteiger partial charge in [-0.3, -0.25) is 0 Å². The molecule has 2 N–H and O–H groups in total. The number of anilines is 4. The summed E-state index contributed by atoms with van der Waals surface area (Å²) < 4.78 is 5.22. The number of benzene rings is 2. The van der Waals surface area contributed by atoms with Crippen LogP contribution in [-0.2, 0) is 0 Å². The van der Waals surface area contributed by atoms with Crippen LogP contribution in [0.15, 0.2) is 54.6 Å². The molecule has 1 aromatic heterocycles. The fourth-order valence-corrected chi connectivity index (χ4v) is 2.33. The number of hydrogen-bond donors (Lipinski definition) is 2. The molecular formula is C19H17N5O. The Bertz CT molecular complexity index is 933. The lowest BCUT2D eigenvalue weighted by Gasteiger charge is -2.11. The number of ether oxygens (including phenoxy) is 1. The van der Waals surface area contributed by atoms with Crippen molar-refractivity contribution in [2.24, 2.45) is 0 Å². The van der Waals surface area contributed by atoms with Crippen LogP contribution in [0.25, 0.3) is 0 Å². The maximum Gasteiger partial charge on any atom is 0.229 e. The molecule has 0 aliphatic rings. The van der Waals surface area contributed by atoms with Crippen LogP contribution in [0.2, 0.25) is 0 Å². The predicted molar refractivity (Wildman–Crippen MR) is 97.5 cm³/mol. The molecule has 0 unspecified atom stereocenters. The van der Waals surface area contributed by atoms with Crippen molar-refractivity contribution in [1.82, 2.24) is 9.97 Å². The number of nitrogens with zero attached hydrogens (tertiary/aromatic N) is 3. The number of hydrogen-bond acceptors (Lipinski definition) is 6. The minimum atomic E-state index is 0.479. The van der Waals surface area contributed by atoms with E-state index in [0.717, 1.165) is 22.8 Å². The molecule has 124 valence electrons. The van der Waals surface area contributed by atoms with Gasteiger partial charge in [-0.05, 0) is 37.3 Å². The highest BCUT2D eigenvalue weighted by molar-refractivity contribution is 5.62. The summed E-state index contributed by atoms with van der Waals surface area (Å²) in [6.45, 7) is 1.90. The van der Waals surface area contributed by atoms with Crippen molar-refractivity contribution in [1.29, 1.82) is 5.26 Å². The minimum Gasteiger partial charge on any atom is -0.497 e. The van der Waals surface area contributed by atoms with Crippen molar-refractivity contribution in [3.05, 3.63) is 65.9 Å². The van der Waals surface area contributed by atoms with Crippen LogP contribution in [0.3, 0.4) is 0 Å². The monoisotopic (exact) mass is 331 g/mol. The van der Waals surface area contributed by atoms with Gasteiger partial charge in [-0.1, -0.05) is 12.1 Å². The van der Waals surface area contributed by atoms with Crippen LogP contribution in [0, 0.1) is 18.3 Å². The summed E-state index contributed by atoms with van der Waals surface area (Å²) in [6.07, 6.45) is 0. The van der Waals surface area contributed by atoms with Crippen molar-refractivity contribution in [2.45, 2.75) is 6.92 Å². The summed E-state index contributed by atoms with van der Waals surface area (Å²) >= 11 is 0. The van der Waals surface area contributed by atoms with Gasteiger partial charge in [-0.2, -0.15) is 10.2 Å². The molecule has 0 saturated carbocycles. The summed E-state index contributed by atoms with van der Waals surface area (Å²) in [5.41, 5.74) is 3.04. The highest BCUT2D eigenvalue weighted by atomic mass is 16.5. The Morgan fingerprint density at radius 1 is 0.960 bits per heavy atom. The van der Waals surface area contributed by atoms with Gasteiger partial charge in [0, 0.05) is 29.2 Å². The lowest BCUT2D eigenvalue weighted by Crippen LogP contribution is -2.02. The van der Waals surface area contributed by atoms with Crippen molar-refractivity contribution >= 4 is 23.1 Å². The molecule has 0 radical (unpaired) electrons. The SMILES string of the molecule is COc1cccc(Nc2nc(C)cc(Nc3cccc(C#N)c3)n2)c1. The molecule has 0 aliphatic heterocycles. The molecule has 0 aliphatic carbocycles. The van der Waals surface area contributed by atoms with E-state index >= 15 is 0 Å². The topological polar surface area (TPSA) is 82.9 Å². The Kier molecular flexibility index (Phi) is 4.77. The summed E-state index contributed by atoms with van der Waals surface area (Å²) in [4.78, 5) is 8.88. The molecule has 6 nitrogen and oxygen atoms in total. The summed E-state index contributed by atoms with van der Waals surface area (Å²) in [6, 6.07) is 18.7. The molecule has 1 heterocycles. The van der Waals surface area contributed by atoms with Gasteiger partial charge < -0.3 is 15.4 Å². The van der Waals surface area contributed by atoms with E-state index in [1.807, 2.05) is 49.4 Å². The zero-order chi connectivity index (χ0) is 17.6. The second kappa shape index (κ2) is 7.32. The largest absolute Gasteiger partial charge is 0.497 e. The minimum absolute atomic E-state index is 0.479. The van der Waals surface area contributed by atoms with Gasteiger partial charge in [0.25, 0.3) is 0 Å². The maximum atomic E-state index is 9.00. The molecular weight excluding hydrogens is 314 g/mol. The van der Waals surface area contributed by atoms with Crippen molar-refractivity contribution < 1.29 is 4.74 Å². The number of aryl methyl sites for hydroxylation is 1. The van der Waals surface area contributed by atoms with Crippen molar-refractivity contribution in [3.63, 3.8) is 0 Å². The first-order chi connectivity index (χ1) is 12.2. The lowest BCUT2D eigenvalue weighted by atomic mass is 10.2. The normalized spacial score (nSPS) is 9.96. The average molecular weight is 331 g/mol. The van der Waals surface area contributed by atoms with E-state index in [9.17, 15) is 0 Å². The summed E-state index contributed by atoms with van der Waals surface area (Å²) in [5, 5.41) is 15.4. The summed E-state index contributed by atoms with van der Waals surface area (Å²) in [7, 11) is 1.62. The Morgan fingerprint density at radius 3 is 2.48 bits per heavy atom. The van der Waals surface area contributed by atoms with Crippen LogP contribution in [0.1, 0.15) is 11.3 Å². The quantitative estimate of drug-likeness (QED) is 0.730. The third kappa shape index (κ3) is 4.24. The second-order valence-corrected chi connectivity index (χ2v) is 5.39. The smallest absolute Gasteiger partial charge is 0.229 e. The van der Waals surface area contributed by atoms with E-state index in [1.54, 1.807) is 19.2 Å². The Hall–Kier alpha value is -3.59. The zero-order valence-corrected chi connectivity index (χ0v) is 13.9. The highest BCUT2D eigenvalue weighted by Gasteiger charge is 2.05. The van der Waals surface area contributed by atoms with E-state index in [0.29, 0.717) is 17.3 Å². The molecule has 3 rings (SSSR count). The maximum absolute atomic E-state index is 9.00. The van der Waals surface area contributed by atoms with E-state index in [2.05, 4.69) is 26.7 Å². The lowest BCUT2D eigenvalue weighted by molar-refractivity contribution is 0.415. The van der Waals surface area contributed by atoms with Crippen LogP contribution in [0.4, 0.5) is 23.1 Å². The Morgan fingerprint density at radius 2 is 1.72 bits per heavy atom. The van der Waals surface area contributed by atoms with Gasteiger partial charge in [0.05, 0.1) is 18.7 Å². The number of nitriles is 1. The Balaban J connectivity index is 1.83. The van der Waals surface area contributed by atoms with Gasteiger partial charge in [-0.15, -0.1) is 0 Å². The fraction of sp³-hybridized carbons (Fsp3) is 0.105. The molecule has 3 aromatic rings. The number of methoxy groups -OCH3 is 1. The molecule has 0 bridgehead atoms. The Labute approximate surface area is 146 Å². The first-order valence-corrected chi connectivity index (χ1v) is 7.70. The highest BCUT2D eigenvalue weighted by Crippen LogP contribution is 2.22. The molecule has 0 spiro atoms. The first-order valence-electron chi connectivity index (χ1n) is 7.70. The van der Waals surface area contributed by atoms with Crippen molar-refractivity contribution in [2.75, 3.05) is 17.7 Å². The number of nitrogens with one attached hydrogen (secondary N) is 2. The van der Waals surface area contributed by atoms with E-state index in [4.69, 9.17) is 10.00 Å². The molecule has 6 heteroatoms. The first kappa shape index (κ1) is 16.3. The van der Waals surface area contributed by atoms with Gasteiger partial charge in [0.15, 0.2) is 0 Å². The van der Waals surface area contributed by atoms with Crippen molar-refractivity contribution in [3.8, 4) is 11.8 Å². The van der Waals surface area contributed by atoms with Crippen LogP contribution < -0.4 is 15.4 Å². The zero-order valence-electron chi connectivity index (χ0n) is 13.9. The molecule has 25 heavy (non-hydrogen) atoms. The third-order valence-corrected chi connectivity index (χ3v) is 3.44. The van der Waals surface area contributed by atoms with E-state index < -0.39 is 0 Å². The van der Waals surface area contributed by atoms with Gasteiger partial charge in [-0.25, -0.2) is 4.98 Å². The third-order valence-electron chi connectivity index (χ3n) is 3.44. The fourth-order valence-electron chi connectivity index (χ4n) is 2.33.